The molecule has 0 atom stereocenters. The molecule has 0 saturated carbocycles. The van der Waals surface area contributed by atoms with Crippen LogP contribution in [0.5, 0.6) is 0 Å². The molecule has 0 N–H and O–H groups in total. The summed E-state index contributed by atoms with van der Waals surface area (Å²) < 4.78 is 11.6. The molecular formula is C20H33N3O6. The van der Waals surface area contributed by atoms with E-state index >= 15 is 0 Å². The number of aromatic nitrogens is 2. The lowest BCUT2D eigenvalue weighted by atomic mass is 10.1. The molecule has 0 aromatic carbocycles. The molecule has 0 aliphatic heterocycles. The van der Waals surface area contributed by atoms with Crippen LogP contribution in [0.25, 0.3) is 0 Å². The Balaban J connectivity index is 2.05. The van der Waals surface area contributed by atoms with E-state index < -0.39 is 10.9 Å². The van der Waals surface area contributed by atoms with E-state index in [4.69, 9.17) is 9.47 Å². The Morgan fingerprint density at radius 1 is 1.00 bits per heavy atom. The number of hydrogen-bond donors (Lipinski definition) is 0. The first-order chi connectivity index (χ1) is 14.0. The van der Waals surface area contributed by atoms with Crippen LogP contribution in [-0.2, 0) is 25.6 Å². The molecule has 0 aliphatic carbocycles. The molecular weight excluding hydrogens is 378 g/mol. The molecule has 9 nitrogen and oxygen atoms in total. The Bertz CT molecular complexity index is 644. The van der Waals surface area contributed by atoms with Crippen molar-refractivity contribution in [1.29, 1.82) is 0 Å². The van der Waals surface area contributed by atoms with Gasteiger partial charge in [-0.2, -0.15) is 0 Å². The van der Waals surface area contributed by atoms with Crippen molar-refractivity contribution in [1.82, 2.24) is 9.55 Å². The first-order valence-electron chi connectivity index (χ1n) is 10.4. The van der Waals surface area contributed by atoms with Gasteiger partial charge < -0.3 is 19.6 Å². The van der Waals surface area contributed by atoms with Crippen molar-refractivity contribution in [3.63, 3.8) is 0 Å². The number of carbonyl (C=O) groups excluding carboxylic acids is 2. The van der Waals surface area contributed by atoms with Crippen LogP contribution in [0.3, 0.4) is 0 Å². The van der Waals surface area contributed by atoms with Crippen LogP contribution in [0, 0.1) is 17.0 Å². The third kappa shape index (κ3) is 10.6. The standard InChI is InChI=1S/C20H33N3O6/c1-3-4-5-6-7-8-9-14-28-19(24)11-10-12-20(25)29-15-13-22-17(2)21-16-18(22)23(26)27/h16H,3-15H2,1-2H3. The number of hydrogen-bond acceptors (Lipinski definition) is 7. The second kappa shape index (κ2) is 14.5. The van der Waals surface area contributed by atoms with Gasteiger partial charge in [0.15, 0.2) is 5.82 Å². The molecule has 0 spiro atoms. The van der Waals surface area contributed by atoms with E-state index in [1.807, 2.05) is 0 Å². The number of unbranched alkanes of at least 4 members (excludes halogenated alkanes) is 6. The number of imidazole rings is 1. The molecule has 0 unspecified atom stereocenters. The first-order valence-corrected chi connectivity index (χ1v) is 10.4. The van der Waals surface area contributed by atoms with Gasteiger partial charge in [0.05, 0.1) is 6.61 Å². The number of esters is 2. The number of ether oxygens (including phenoxy) is 2. The maximum absolute atomic E-state index is 11.7. The second-order valence-corrected chi connectivity index (χ2v) is 6.99. The SMILES string of the molecule is CCCCCCCCCOC(=O)CCCC(=O)OCCn1c([N+](=O)[O-])cnc1C. The van der Waals surface area contributed by atoms with Gasteiger partial charge in [0.1, 0.15) is 19.3 Å². The molecule has 0 amide bonds. The summed E-state index contributed by atoms with van der Waals surface area (Å²) >= 11 is 0. The minimum atomic E-state index is -0.528. The molecule has 0 fully saturated rings. The molecule has 0 aliphatic rings. The summed E-state index contributed by atoms with van der Waals surface area (Å²) in [4.78, 5) is 37.6. The van der Waals surface area contributed by atoms with E-state index in [2.05, 4.69) is 11.9 Å². The van der Waals surface area contributed by atoms with Crippen LogP contribution in [0.4, 0.5) is 5.82 Å². The van der Waals surface area contributed by atoms with E-state index in [0.717, 1.165) is 12.8 Å². The highest BCUT2D eigenvalue weighted by molar-refractivity contribution is 5.72. The number of carbonyl (C=O) groups is 2. The van der Waals surface area contributed by atoms with Gasteiger partial charge >= 0.3 is 17.8 Å². The summed E-state index contributed by atoms with van der Waals surface area (Å²) in [5.74, 6) is -0.391. The lowest BCUT2D eigenvalue weighted by molar-refractivity contribution is -0.392. The highest BCUT2D eigenvalue weighted by atomic mass is 16.6. The van der Waals surface area contributed by atoms with E-state index in [1.54, 1.807) is 6.92 Å². The summed E-state index contributed by atoms with van der Waals surface area (Å²) in [6.45, 7) is 4.44. The molecule has 9 heteroatoms. The number of rotatable bonds is 16. The zero-order valence-electron chi connectivity index (χ0n) is 17.6. The quantitative estimate of drug-likeness (QED) is 0.174. The lowest BCUT2D eigenvalue weighted by Gasteiger charge is -2.06. The molecule has 1 aromatic heterocycles. The average molecular weight is 411 g/mol. The Labute approximate surface area is 171 Å². The molecule has 164 valence electrons. The fourth-order valence-electron chi connectivity index (χ4n) is 2.90. The monoisotopic (exact) mass is 411 g/mol. The second-order valence-electron chi connectivity index (χ2n) is 6.99. The summed E-state index contributed by atoms with van der Waals surface area (Å²) in [6.07, 6.45) is 9.95. The van der Waals surface area contributed by atoms with Gasteiger partial charge in [-0.05, 0) is 17.8 Å². The zero-order valence-corrected chi connectivity index (χ0v) is 17.6. The van der Waals surface area contributed by atoms with Gasteiger partial charge in [-0.25, -0.2) is 9.55 Å². The number of nitrogens with zero attached hydrogens (tertiary/aromatic N) is 3. The molecule has 1 rings (SSSR count). The van der Waals surface area contributed by atoms with Gasteiger partial charge in [-0.3, -0.25) is 9.59 Å². The molecule has 0 saturated heterocycles. The molecule has 1 heterocycles. The highest BCUT2D eigenvalue weighted by Gasteiger charge is 2.17. The van der Waals surface area contributed by atoms with Crippen molar-refractivity contribution in [2.75, 3.05) is 13.2 Å². The van der Waals surface area contributed by atoms with Crippen LogP contribution in [0.2, 0.25) is 0 Å². The Kier molecular flexibility index (Phi) is 12.3. The molecule has 1 aromatic rings. The van der Waals surface area contributed by atoms with E-state index in [0.29, 0.717) is 18.9 Å². The number of nitro groups is 1. The van der Waals surface area contributed by atoms with Crippen molar-refractivity contribution < 1.29 is 24.0 Å². The Morgan fingerprint density at radius 3 is 2.21 bits per heavy atom. The Hall–Kier alpha value is -2.45. The maximum Gasteiger partial charge on any atom is 0.342 e. The third-order valence-corrected chi connectivity index (χ3v) is 4.57. The Morgan fingerprint density at radius 2 is 1.59 bits per heavy atom. The van der Waals surface area contributed by atoms with Crippen LogP contribution in [0.15, 0.2) is 6.20 Å². The van der Waals surface area contributed by atoms with Gasteiger partial charge in [0.2, 0.25) is 0 Å². The normalized spacial score (nSPS) is 10.7. The fraction of sp³-hybridized carbons (Fsp3) is 0.750. The van der Waals surface area contributed by atoms with E-state index in [-0.39, 0.29) is 37.8 Å². The maximum atomic E-state index is 11.7. The molecule has 29 heavy (non-hydrogen) atoms. The van der Waals surface area contributed by atoms with Gasteiger partial charge in [0.25, 0.3) is 0 Å². The molecule has 0 radical (unpaired) electrons. The number of aryl methyl sites for hydroxylation is 1. The summed E-state index contributed by atoms with van der Waals surface area (Å²) in [5, 5.41) is 10.9. The zero-order chi connectivity index (χ0) is 21.5. The van der Waals surface area contributed by atoms with E-state index in [9.17, 15) is 19.7 Å². The summed E-state index contributed by atoms with van der Waals surface area (Å²) in [5.41, 5.74) is 0. The van der Waals surface area contributed by atoms with E-state index in [1.165, 1.54) is 42.9 Å². The van der Waals surface area contributed by atoms with Crippen LogP contribution >= 0.6 is 0 Å². The van der Waals surface area contributed by atoms with Gasteiger partial charge in [-0.1, -0.05) is 45.4 Å². The van der Waals surface area contributed by atoms with Crippen LogP contribution in [-0.4, -0.2) is 39.6 Å². The smallest absolute Gasteiger partial charge is 0.342 e. The summed E-state index contributed by atoms with van der Waals surface area (Å²) in [6, 6.07) is 0. The van der Waals surface area contributed by atoms with Crippen molar-refractivity contribution in [2.24, 2.45) is 0 Å². The van der Waals surface area contributed by atoms with Gasteiger partial charge in [-0.15, -0.1) is 0 Å². The third-order valence-electron chi connectivity index (χ3n) is 4.57. The average Bonchev–Trinajstić information content (AvgIpc) is 3.05. The highest BCUT2D eigenvalue weighted by Crippen LogP contribution is 2.13. The molecule has 0 bridgehead atoms. The van der Waals surface area contributed by atoms with Crippen molar-refractivity contribution in [3.05, 3.63) is 22.1 Å². The van der Waals surface area contributed by atoms with Crippen LogP contribution < -0.4 is 0 Å². The minimum Gasteiger partial charge on any atom is -0.466 e. The minimum absolute atomic E-state index is 0.0135. The van der Waals surface area contributed by atoms with Crippen molar-refractivity contribution in [2.45, 2.75) is 84.6 Å². The fourth-order valence-corrected chi connectivity index (χ4v) is 2.90. The van der Waals surface area contributed by atoms with Crippen molar-refractivity contribution in [3.8, 4) is 0 Å². The van der Waals surface area contributed by atoms with Gasteiger partial charge in [0, 0.05) is 19.8 Å². The predicted octanol–water partition coefficient (Wildman–Crippen LogP) is 4.11. The van der Waals surface area contributed by atoms with Crippen molar-refractivity contribution >= 4 is 17.8 Å². The first kappa shape index (κ1) is 24.6. The predicted molar refractivity (Wildman–Crippen MR) is 107 cm³/mol. The lowest BCUT2D eigenvalue weighted by Crippen LogP contribution is -2.14. The topological polar surface area (TPSA) is 114 Å². The van der Waals surface area contributed by atoms with Crippen LogP contribution in [0.1, 0.15) is 77.0 Å². The largest absolute Gasteiger partial charge is 0.466 e. The summed E-state index contributed by atoms with van der Waals surface area (Å²) in [7, 11) is 0.